The molecule has 0 radical (unpaired) electrons. The number of hydrogen-bond acceptors (Lipinski definition) is 6. The molecule has 0 saturated carbocycles. The molecule has 0 unspecified atom stereocenters. The van der Waals surface area contributed by atoms with Crippen molar-refractivity contribution in [3.63, 3.8) is 0 Å². The summed E-state index contributed by atoms with van der Waals surface area (Å²) >= 11 is 2.40. The molecule has 0 amide bonds. The second-order valence-corrected chi connectivity index (χ2v) is 6.37. The molecule has 0 aliphatic heterocycles. The normalized spacial score (nSPS) is 10.9. The number of thiazole rings is 1. The topological polar surface area (TPSA) is 95.7 Å². The van der Waals surface area contributed by atoms with Crippen molar-refractivity contribution in [1.82, 2.24) is 15.0 Å². The molecule has 0 aliphatic carbocycles. The number of hydrogen-bond donors (Lipinski definition) is 2. The van der Waals surface area contributed by atoms with Gasteiger partial charge in [-0.2, -0.15) is 0 Å². The van der Waals surface area contributed by atoms with Crippen LogP contribution in [0.4, 0.5) is 0 Å². The molecule has 0 fully saturated rings. The van der Waals surface area contributed by atoms with Crippen LogP contribution < -0.4 is 11.2 Å². The Hall–Kier alpha value is -2.19. The molecule has 106 valence electrons. The minimum Gasteiger partial charge on any atom is -0.293 e. The Kier molecular flexibility index (Phi) is 3.72. The second kappa shape index (κ2) is 5.66. The number of nitrogens with zero attached hydrogens (tertiary/aromatic N) is 1. The van der Waals surface area contributed by atoms with E-state index < -0.39 is 11.2 Å². The van der Waals surface area contributed by atoms with Gasteiger partial charge in [0.1, 0.15) is 4.70 Å². The van der Waals surface area contributed by atoms with Crippen molar-refractivity contribution in [2.75, 3.05) is 5.75 Å². The predicted molar refractivity (Wildman–Crippen MR) is 82.4 cm³/mol. The van der Waals surface area contributed by atoms with Gasteiger partial charge in [0.15, 0.2) is 15.8 Å². The lowest BCUT2D eigenvalue weighted by Gasteiger charge is -1.98. The summed E-state index contributed by atoms with van der Waals surface area (Å²) in [6.07, 6.45) is 0. The summed E-state index contributed by atoms with van der Waals surface area (Å²) in [5.74, 6) is 0.216. The summed E-state index contributed by atoms with van der Waals surface area (Å²) in [6.45, 7) is 0. The summed E-state index contributed by atoms with van der Waals surface area (Å²) in [6, 6.07) is 8.96. The van der Waals surface area contributed by atoms with E-state index in [0.717, 1.165) is 11.3 Å². The molecular formula is C13H9N3O3S2. The number of benzene rings is 1. The van der Waals surface area contributed by atoms with E-state index in [9.17, 15) is 14.4 Å². The van der Waals surface area contributed by atoms with Gasteiger partial charge >= 0.3 is 5.69 Å². The number of aromatic amines is 2. The number of nitrogens with one attached hydrogen (secondary N) is 2. The molecule has 0 aliphatic rings. The van der Waals surface area contributed by atoms with Gasteiger partial charge in [-0.05, 0) is 0 Å². The van der Waals surface area contributed by atoms with E-state index >= 15 is 0 Å². The van der Waals surface area contributed by atoms with E-state index in [4.69, 9.17) is 0 Å². The molecule has 1 aromatic carbocycles. The summed E-state index contributed by atoms with van der Waals surface area (Å²) in [5, 5.41) is 0. The summed E-state index contributed by atoms with van der Waals surface area (Å²) < 4.78 is 0.922. The van der Waals surface area contributed by atoms with Gasteiger partial charge in [-0.15, -0.1) is 11.3 Å². The van der Waals surface area contributed by atoms with Crippen LogP contribution in [-0.4, -0.2) is 26.5 Å². The average Bonchev–Trinajstić information content (AvgIpc) is 2.89. The Balaban J connectivity index is 1.80. The zero-order chi connectivity index (χ0) is 14.8. The van der Waals surface area contributed by atoms with Gasteiger partial charge in [0.25, 0.3) is 5.56 Å². The van der Waals surface area contributed by atoms with Crippen LogP contribution in [0.5, 0.6) is 0 Å². The monoisotopic (exact) mass is 319 g/mol. The summed E-state index contributed by atoms with van der Waals surface area (Å²) in [5.41, 5.74) is -0.164. The van der Waals surface area contributed by atoms with Crippen molar-refractivity contribution in [2.45, 2.75) is 4.34 Å². The highest BCUT2D eigenvalue weighted by Gasteiger charge is 2.11. The van der Waals surface area contributed by atoms with Crippen LogP contribution in [0, 0.1) is 0 Å². The van der Waals surface area contributed by atoms with Crippen LogP contribution in [0.15, 0.2) is 44.3 Å². The number of carbonyl (C=O) groups is 1. The van der Waals surface area contributed by atoms with Gasteiger partial charge in [0, 0.05) is 5.56 Å². The second-order valence-electron chi connectivity index (χ2n) is 4.14. The summed E-state index contributed by atoms with van der Waals surface area (Å²) in [4.78, 5) is 43.5. The Morgan fingerprint density at radius 3 is 2.71 bits per heavy atom. The maximum absolute atomic E-state index is 12.0. The number of H-pyrrole nitrogens is 2. The third-order valence-corrected chi connectivity index (χ3v) is 4.89. The molecule has 0 spiro atoms. The highest BCUT2D eigenvalue weighted by molar-refractivity contribution is 8.01. The minimum absolute atomic E-state index is 0.0118. The first-order chi connectivity index (χ1) is 10.1. The quantitative estimate of drug-likeness (QED) is 0.563. The van der Waals surface area contributed by atoms with Crippen molar-refractivity contribution in [2.24, 2.45) is 0 Å². The Labute approximate surface area is 126 Å². The Morgan fingerprint density at radius 2 is 1.95 bits per heavy atom. The molecule has 2 heterocycles. The highest BCUT2D eigenvalue weighted by atomic mass is 32.2. The van der Waals surface area contributed by atoms with Crippen LogP contribution in [0.25, 0.3) is 10.3 Å². The van der Waals surface area contributed by atoms with E-state index in [2.05, 4.69) is 15.0 Å². The van der Waals surface area contributed by atoms with Gasteiger partial charge in [0.05, 0.1) is 5.75 Å². The standard InChI is InChI=1S/C13H9N3O3S2/c17-8(7-4-2-1-3-5-7)6-20-13-15-10-9(21-13)11(18)16-12(19)14-10/h1-5H,6H2,(H2,14,16,18,19). The zero-order valence-electron chi connectivity index (χ0n) is 10.6. The van der Waals surface area contributed by atoms with Crippen molar-refractivity contribution < 1.29 is 4.79 Å². The molecular weight excluding hydrogens is 310 g/mol. The van der Waals surface area contributed by atoms with Crippen molar-refractivity contribution in [3.8, 4) is 0 Å². The van der Waals surface area contributed by atoms with Crippen molar-refractivity contribution >= 4 is 39.2 Å². The number of thioether (sulfide) groups is 1. The van der Waals surface area contributed by atoms with Gasteiger partial charge in [-0.1, -0.05) is 42.1 Å². The number of aromatic nitrogens is 3. The Morgan fingerprint density at radius 1 is 1.19 bits per heavy atom. The molecule has 0 saturated heterocycles. The third-order valence-electron chi connectivity index (χ3n) is 2.70. The number of Topliss-reactive ketones (excluding diaryl/α,β-unsaturated/α-hetero) is 1. The third kappa shape index (κ3) is 2.96. The number of carbonyl (C=O) groups excluding carboxylic acids is 1. The first-order valence-electron chi connectivity index (χ1n) is 5.97. The van der Waals surface area contributed by atoms with Crippen LogP contribution in [0.2, 0.25) is 0 Å². The largest absolute Gasteiger partial charge is 0.327 e. The van der Waals surface area contributed by atoms with E-state index in [1.165, 1.54) is 11.8 Å². The number of rotatable bonds is 4. The van der Waals surface area contributed by atoms with Crippen LogP contribution in [0.1, 0.15) is 10.4 Å². The van der Waals surface area contributed by atoms with Crippen LogP contribution in [0.3, 0.4) is 0 Å². The fourth-order valence-electron chi connectivity index (χ4n) is 1.73. The maximum atomic E-state index is 12.0. The molecule has 3 rings (SSSR count). The first kappa shape index (κ1) is 13.8. The van der Waals surface area contributed by atoms with Gasteiger partial charge in [0.2, 0.25) is 0 Å². The van der Waals surface area contributed by atoms with Crippen molar-refractivity contribution in [3.05, 3.63) is 56.7 Å². The van der Waals surface area contributed by atoms with Gasteiger partial charge < -0.3 is 0 Å². The van der Waals surface area contributed by atoms with Crippen LogP contribution >= 0.6 is 23.1 Å². The molecule has 8 heteroatoms. The van der Waals surface area contributed by atoms with Gasteiger partial charge in [-0.25, -0.2) is 9.78 Å². The smallest absolute Gasteiger partial charge is 0.293 e. The SMILES string of the molecule is O=C(CSc1nc2[nH]c(=O)[nH]c(=O)c2s1)c1ccccc1. The number of fused-ring (bicyclic) bond motifs is 1. The fourth-order valence-corrected chi connectivity index (χ4v) is 3.62. The molecule has 2 N–H and O–H groups in total. The molecule has 0 atom stereocenters. The van der Waals surface area contributed by atoms with E-state index in [1.54, 1.807) is 24.3 Å². The summed E-state index contributed by atoms with van der Waals surface area (Å²) in [7, 11) is 0. The molecule has 3 aromatic rings. The highest BCUT2D eigenvalue weighted by Crippen LogP contribution is 2.26. The lowest BCUT2D eigenvalue weighted by atomic mass is 10.2. The Bertz CT molecular complexity index is 912. The number of ketones is 1. The molecule has 0 bridgehead atoms. The van der Waals surface area contributed by atoms with Crippen molar-refractivity contribution in [1.29, 1.82) is 0 Å². The lowest BCUT2D eigenvalue weighted by molar-refractivity contribution is 0.102. The average molecular weight is 319 g/mol. The molecule has 6 nitrogen and oxygen atoms in total. The first-order valence-corrected chi connectivity index (χ1v) is 7.78. The molecule has 21 heavy (non-hydrogen) atoms. The van der Waals surface area contributed by atoms with E-state index in [0.29, 0.717) is 14.6 Å². The predicted octanol–water partition coefficient (Wildman–Crippen LogP) is 1.65. The minimum atomic E-state index is -0.588. The maximum Gasteiger partial charge on any atom is 0.327 e. The van der Waals surface area contributed by atoms with Crippen LogP contribution in [-0.2, 0) is 0 Å². The van der Waals surface area contributed by atoms with Gasteiger partial charge in [-0.3, -0.25) is 19.6 Å². The lowest BCUT2D eigenvalue weighted by Crippen LogP contribution is -2.20. The van der Waals surface area contributed by atoms with E-state index in [-0.39, 0.29) is 17.2 Å². The molecule has 2 aromatic heterocycles. The zero-order valence-corrected chi connectivity index (χ0v) is 12.2. The fraction of sp³-hybridized carbons (Fsp3) is 0.0769. The van der Waals surface area contributed by atoms with E-state index in [1.807, 2.05) is 6.07 Å².